The average Bonchev–Trinajstić information content (AvgIpc) is 2.88. The molecule has 1 N–H and O–H groups in total. The molecule has 1 saturated heterocycles. The fourth-order valence-electron chi connectivity index (χ4n) is 4.54. The molecule has 1 unspecified atom stereocenters. The molecular formula is C22H37NO2PY+. The smallest absolute Gasteiger partial charge is 0.265 e. The fraction of sp³-hybridized carbons (Fsp3) is 0.682. The zero-order valence-corrected chi connectivity index (χ0v) is 21.7. The summed E-state index contributed by atoms with van der Waals surface area (Å²) in [4.78, 5) is 13.4. The van der Waals surface area contributed by atoms with Gasteiger partial charge in [0.2, 0.25) is 0 Å². The number of anilines is 1. The van der Waals surface area contributed by atoms with Crippen molar-refractivity contribution in [3.8, 4) is 5.75 Å². The number of carbonyl (C=O) groups is 1. The van der Waals surface area contributed by atoms with Gasteiger partial charge >= 0.3 is 0 Å². The fourth-order valence-corrected chi connectivity index (χ4v) is 9.53. The Bertz CT molecular complexity index is 589. The molecule has 1 aromatic carbocycles. The van der Waals surface area contributed by atoms with Crippen molar-refractivity contribution in [1.29, 1.82) is 0 Å². The molecule has 2 rings (SSSR count). The molecular weight excluding hydrogens is 430 g/mol. The molecule has 149 valence electrons. The summed E-state index contributed by atoms with van der Waals surface area (Å²) in [5.41, 5.74) is 3.35. The number of amides is 1. The van der Waals surface area contributed by atoms with Crippen molar-refractivity contribution in [2.24, 2.45) is 0 Å². The molecule has 0 bridgehead atoms. The normalized spacial score (nSPS) is 17.4. The first-order valence-corrected chi connectivity index (χ1v) is 12.7. The van der Waals surface area contributed by atoms with Gasteiger partial charge in [0.25, 0.3) is 5.91 Å². The van der Waals surface area contributed by atoms with E-state index in [-0.39, 0.29) is 44.3 Å². The van der Waals surface area contributed by atoms with Crippen LogP contribution in [-0.2, 0) is 37.5 Å². The van der Waals surface area contributed by atoms with Crippen LogP contribution in [0.1, 0.15) is 63.5 Å². The van der Waals surface area contributed by atoms with Crippen molar-refractivity contribution < 1.29 is 42.2 Å². The molecule has 5 heteroatoms. The zero-order chi connectivity index (χ0) is 19.2. The second-order valence-electron chi connectivity index (χ2n) is 7.83. The molecule has 1 radical (unpaired) electrons. The van der Waals surface area contributed by atoms with Crippen LogP contribution < -0.4 is 10.1 Å². The Balaban J connectivity index is 0.00000364. The Labute approximate surface area is 192 Å². The molecule has 0 spiro atoms. The summed E-state index contributed by atoms with van der Waals surface area (Å²) in [7, 11) is 0.469. The Kier molecular flexibility index (Phi) is 11.0. The third-order valence-corrected chi connectivity index (χ3v) is 11.6. The van der Waals surface area contributed by atoms with Crippen molar-refractivity contribution in [1.82, 2.24) is 0 Å². The van der Waals surface area contributed by atoms with Gasteiger partial charge in [-0.25, -0.2) is 0 Å². The van der Waals surface area contributed by atoms with Crippen molar-refractivity contribution >= 4 is 18.9 Å². The van der Waals surface area contributed by atoms with Gasteiger partial charge < -0.3 is 10.1 Å². The molecule has 1 aromatic rings. The van der Waals surface area contributed by atoms with Crippen LogP contribution in [0.25, 0.3) is 0 Å². The molecule has 1 aliphatic rings. The summed E-state index contributed by atoms with van der Waals surface area (Å²) in [6.45, 7) is 8.65. The van der Waals surface area contributed by atoms with Crippen LogP contribution in [0.4, 0.5) is 5.69 Å². The number of rotatable bonds is 7. The number of carbonyl (C=O) groups excluding carboxylic acids is 1. The van der Waals surface area contributed by atoms with Crippen molar-refractivity contribution in [3.05, 3.63) is 23.3 Å². The van der Waals surface area contributed by atoms with E-state index >= 15 is 0 Å². The van der Waals surface area contributed by atoms with E-state index in [0.29, 0.717) is 0 Å². The third-order valence-electron chi connectivity index (χ3n) is 6.10. The van der Waals surface area contributed by atoms with Crippen LogP contribution in [0.5, 0.6) is 5.75 Å². The number of hydrogen-bond acceptors (Lipinski definition) is 2. The average molecular weight is 467 g/mol. The summed E-state index contributed by atoms with van der Waals surface area (Å²) in [5, 5.41) is 3.32. The number of ether oxygens (including phenoxy) is 1. The van der Waals surface area contributed by atoms with Gasteiger partial charge in [-0.15, -0.1) is 0 Å². The minimum atomic E-state index is -1.22. The van der Waals surface area contributed by atoms with Crippen LogP contribution in [0.2, 0.25) is 0 Å². The first kappa shape index (κ1) is 25.1. The van der Waals surface area contributed by atoms with E-state index in [4.69, 9.17) is 4.74 Å². The van der Waals surface area contributed by atoms with Crippen LogP contribution in [-0.4, -0.2) is 37.2 Å². The molecule has 0 aromatic heterocycles. The second-order valence-corrected chi connectivity index (χ2v) is 12.4. The quantitative estimate of drug-likeness (QED) is 0.498. The van der Waals surface area contributed by atoms with Crippen LogP contribution in [0.15, 0.2) is 12.1 Å². The SMILES string of the molecule is CCCC(C(=O)Nc1c(C)cc(OC)cc1C)[P+]1(CC)CCCCCC1.[Y]. The Morgan fingerprint density at radius 2 is 1.67 bits per heavy atom. The number of benzene rings is 1. The van der Waals surface area contributed by atoms with Crippen LogP contribution in [0.3, 0.4) is 0 Å². The third kappa shape index (κ3) is 6.25. The summed E-state index contributed by atoms with van der Waals surface area (Å²) < 4.78 is 5.36. The monoisotopic (exact) mass is 467 g/mol. The minimum absolute atomic E-state index is 0. The van der Waals surface area contributed by atoms with E-state index in [1.165, 1.54) is 44.2 Å². The summed E-state index contributed by atoms with van der Waals surface area (Å²) in [6.07, 6.45) is 11.3. The standard InChI is InChI=1S/C22H36NO2P.Y/c1-6-12-20(26(7-2)13-10-8-9-11-14-26)22(24)23-21-17(3)15-19(25-5)16-18(21)4;/h15-16,20H,6-14H2,1-5H3;/p+1. The van der Waals surface area contributed by atoms with Crippen molar-refractivity contribution in [2.75, 3.05) is 30.9 Å². The molecule has 1 fully saturated rings. The largest absolute Gasteiger partial charge is 0.497 e. The Hall–Kier alpha value is 0.0239. The minimum Gasteiger partial charge on any atom is -0.497 e. The van der Waals surface area contributed by atoms with Crippen LogP contribution >= 0.6 is 7.26 Å². The van der Waals surface area contributed by atoms with Gasteiger partial charge in [0.1, 0.15) is 11.4 Å². The van der Waals surface area contributed by atoms with E-state index in [9.17, 15) is 4.79 Å². The molecule has 0 saturated carbocycles. The van der Waals surface area contributed by atoms with Gasteiger partial charge in [-0.2, -0.15) is 0 Å². The summed E-state index contributed by atoms with van der Waals surface area (Å²) >= 11 is 0. The molecule has 3 nitrogen and oxygen atoms in total. The summed E-state index contributed by atoms with van der Waals surface area (Å²) in [6, 6.07) is 4.02. The summed E-state index contributed by atoms with van der Waals surface area (Å²) in [5.74, 6) is 1.12. The van der Waals surface area contributed by atoms with Crippen molar-refractivity contribution in [2.45, 2.75) is 71.9 Å². The van der Waals surface area contributed by atoms with E-state index < -0.39 is 7.26 Å². The van der Waals surface area contributed by atoms with Gasteiger partial charge in [0.15, 0.2) is 0 Å². The van der Waals surface area contributed by atoms with E-state index in [2.05, 4.69) is 33.0 Å². The first-order chi connectivity index (χ1) is 12.5. The first-order valence-electron chi connectivity index (χ1n) is 10.3. The molecule has 1 atom stereocenters. The van der Waals surface area contributed by atoms with E-state index in [1.54, 1.807) is 7.11 Å². The number of hydrogen-bond donors (Lipinski definition) is 1. The Morgan fingerprint density at radius 1 is 1.11 bits per heavy atom. The number of nitrogens with one attached hydrogen (secondary N) is 1. The van der Waals surface area contributed by atoms with E-state index in [0.717, 1.165) is 35.4 Å². The predicted molar refractivity (Wildman–Crippen MR) is 115 cm³/mol. The van der Waals surface area contributed by atoms with E-state index in [1.807, 2.05) is 12.1 Å². The Morgan fingerprint density at radius 3 is 2.11 bits per heavy atom. The number of methoxy groups -OCH3 is 1. The maximum Gasteiger partial charge on any atom is 0.265 e. The topological polar surface area (TPSA) is 38.3 Å². The predicted octanol–water partition coefficient (Wildman–Crippen LogP) is 6.03. The van der Waals surface area contributed by atoms with Gasteiger partial charge in [-0.1, -0.05) is 13.3 Å². The second kappa shape index (κ2) is 11.9. The van der Waals surface area contributed by atoms with Gasteiger partial charge in [-0.05, 0) is 76.1 Å². The van der Waals surface area contributed by atoms with Gasteiger partial charge in [-0.3, -0.25) is 4.79 Å². The van der Waals surface area contributed by atoms with Crippen LogP contribution in [0, 0.1) is 13.8 Å². The maximum absolute atomic E-state index is 13.4. The van der Waals surface area contributed by atoms with Crippen molar-refractivity contribution in [3.63, 3.8) is 0 Å². The molecule has 1 heterocycles. The molecule has 1 amide bonds. The maximum atomic E-state index is 13.4. The zero-order valence-electron chi connectivity index (χ0n) is 17.9. The molecule has 27 heavy (non-hydrogen) atoms. The van der Waals surface area contributed by atoms with Gasteiger partial charge in [0, 0.05) is 45.7 Å². The number of aryl methyl sites for hydroxylation is 2. The molecule has 0 aliphatic carbocycles. The molecule has 1 aliphatic heterocycles. The van der Waals surface area contributed by atoms with Gasteiger partial charge in [0.05, 0.1) is 25.6 Å².